The van der Waals surface area contributed by atoms with Crippen LogP contribution in [0, 0.1) is 19.8 Å². The van der Waals surface area contributed by atoms with Crippen molar-refractivity contribution >= 4 is 41.3 Å². The SMILES string of the molecule is CN=C(NCCc1sc(C)nc1C)NC1CCN(CC(C)C)CC1.I. The van der Waals surface area contributed by atoms with Crippen LogP contribution in [0.25, 0.3) is 0 Å². The van der Waals surface area contributed by atoms with Gasteiger partial charge in [-0.25, -0.2) is 4.98 Å². The number of guanidine groups is 1. The Morgan fingerprint density at radius 1 is 1.32 bits per heavy atom. The maximum absolute atomic E-state index is 4.49. The first-order chi connectivity index (χ1) is 11.5. The number of rotatable bonds is 6. The fourth-order valence-corrected chi connectivity index (χ4v) is 4.20. The minimum absolute atomic E-state index is 0. The Balaban J connectivity index is 0.00000312. The van der Waals surface area contributed by atoms with Crippen LogP contribution in [0.2, 0.25) is 0 Å². The Hall–Kier alpha value is -0.410. The maximum Gasteiger partial charge on any atom is 0.191 e. The van der Waals surface area contributed by atoms with Crippen molar-refractivity contribution in [3.8, 4) is 0 Å². The summed E-state index contributed by atoms with van der Waals surface area (Å²) in [5, 5.41) is 8.19. The molecule has 1 aliphatic rings. The van der Waals surface area contributed by atoms with Crippen molar-refractivity contribution in [2.75, 3.05) is 33.2 Å². The topological polar surface area (TPSA) is 52.6 Å². The molecular formula is C18H34IN5S. The van der Waals surface area contributed by atoms with E-state index >= 15 is 0 Å². The number of nitrogens with zero attached hydrogens (tertiary/aromatic N) is 3. The van der Waals surface area contributed by atoms with Gasteiger partial charge in [-0.2, -0.15) is 0 Å². The third-order valence-corrected chi connectivity index (χ3v) is 5.55. The number of halogens is 1. The molecule has 5 nitrogen and oxygen atoms in total. The zero-order valence-corrected chi connectivity index (χ0v) is 19.4. The van der Waals surface area contributed by atoms with E-state index in [-0.39, 0.29) is 24.0 Å². The Kier molecular flexibility index (Phi) is 10.3. The number of hydrogen-bond donors (Lipinski definition) is 2. The molecule has 0 aromatic carbocycles. The van der Waals surface area contributed by atoms with Gasteiger partial charge in [0.05, 0.1) is 10.7 Å². The van der Waals surface area contributed by atoms with Gasteiger partial charge in [-0.3, -0.25) is 4.99 Å². The highest BCUT2D eigenvalue weighted by Gasteiger charge is 2.20. The van der Waals surface area contributed by atoms with Gasteiger partial charge in [-0.05, 0) is 32.6 Å². The molecule has 0 unspecified atom stereocenters. The summed E-state index contributed by atoms with van der Waals surface area (Å²) in [4.78, 5) is 12.8. The Morgan fingerprint density at radius 3 is 2.52 bits per heavy atom. The van der Waals surface area contributed by atoms with Crippen molar-refractivity contribution in [2.45, 2.75) is 53.0 Å². The second kappa shape index (κ2) is 11.3. The van der Waals surface area contributed by atoms with E-state index in [0.717, 1.165) is 29.9 Å². The molecule has 25 heavy (non-hydrogen) atoms. The molecule has 144 valence electrons. The van der Waals surface area contributed by atoms with Gasteiger partial charge >= 0.3 is 0 Å². The number of aliphatic imine (C=N–C) groups is 1. The Morgan fingerprint density at radius 2 is 2.00 bits per heavy atom. The molecule has 1 aliphatic heterocycles. The molecule has 7 heteroatoms. The van der Waals surface area contributed by atoms with Crippen LogP contribution in [0.1, 0.15) is 42.3 Å². The second-order valence-electron chi connectivity index (χ2n) is 7.10. The molecule has 0 atom stereocenters. The van der Waals surface area contributed by atoms with Gasteiger partial charge in [0.25, 0.3) is 0 Å². The maximum atomic E-state index is 4.49. The van der Waals surface area contributed by atoms with E-state index in [4.69, 9.17) is 0 Å². The van der Waals surface area contributed by atoms with Gasteiger partial charge in [-0.1, -0.05) is 13.8 Å². The van der Waals surface area contributed by atoms with Crippen LogP contribution in [0.5, 0.6) is 0 Å². The zero-order chi connectivity index (χ0) is 17.5. The van der Waals surface area contributed by atoms with Crippen LogP contribution < -0.4 is 10.6 Å². The second-order valence-corrected chi connectivity index (χ2v) is 8.39. The van der Waals surface area contributed by atoms with Crippen molar-refractivity contribution < 1.29 is 0 Å². The summed E-state index contributed by atoms with van der Waals surface area (Å²) < 4.78 is 0. The van der Waals surface area contributed by atoms with Crippen molar-refractivity contribution in [2.24, 2.45) is 10.9 Å². The molecule has 2 heterocycles. The van der Waals surface area contributed by atoms with Crippen LogP contribution >= 0.6 is 35.3 Å². The van der Waals surface area contributed by atoms with E-state index in [9.17, 15) is 0 Å². The fraction of sp³-hybridized carbons (Fsp3) is 0.778. The first kappa shape index (κ1) is 22.6. The number of aromatic nitrogens is 1. The highest BCUT2D eigenvalue weighted by atomic mass is 127. The van der Waals surface area contributed by atoms with Crippen LogP contribution in [0.3, 0.4) is 0 Å². The van der Waals surface area contributed by atoms with E-state index in [1.165, 1.54) is 43.0 Å². The quantitative estimate of drug-likeness (QED) is 0.374. The number of thiazole rings is 1. The van der Waals surface area contributed by atoms with Crippen molar-refractivity contribution in [3.63, 3.8) is 0 Å². The van der Waals surface area contributed by atoms with Gasteiger partial charge in [0.15, 0.2) is 5.96 Å². The van der Waals surface area contributed by atoms with Crippen LogP contribution in [-0.4, -0.2) is 55.1 Å². The molecule has 0 amide bonds. The largest absolute Gasteiger partial charge is 0.356 e. The normalized spacial score (nSPS) is 16.8. The summed E-state index contributed by atoms with van der Waals surface area (Å²) in [5.41, 5.74) is 1.17. The van der Waals surface area contributed by atoms with E-state index in [1.807, 2.05) is 7.05 Å². The monoisotopic (exact) mass is 479 g/mol. The van der Waals surface area contributed by atoms with Crippen LogP contribution in [0.15, 0.2) is 4.99 Å². The zero-order valence-electron chi connectivity index (χ0n) is 16.3. The molecular weight excluding hydrogens is 445 g/mol. The number of hydrogen-bond acceptors (Lipinski definition) is 4. The van der Waals surface area contributed by atoms with Crippen molar-refractivity contribution in [1.82, 2.24) is 20.5 Å². The molecule has 1 saturated heterocycles. The lowest BCUT2D eigenvalue weighted by atomic mass is 10.0. The van der Waals surface area contributed by atoms with E-state index in [2.05, 4.69) is 53.2 Å². The summed E-state index contributed by atoms with van der Waals surface area (Å²) in [5.74, 6) is 1.68. The summed E-state index contributed by atoms with van der Waals surface area (Å²) >= 11 is 1.80. The third-order valence-electron chi connectivity index (χ3n) is 4.42. The molecule has 1 aromatic heterocycles. The minimum Gasteiger partial charge on any atom is -0.356 e. The molecule has 0 spiro atoms. The predicted molar refractivity (Wildman–Crippen MR) is 120 cm³/mol. The number of aryl methyl sites for hydroxylation is 2. The molecule has 0 saturated carbocycles. The first-order valence-electron chi connectivity index (χ1n) is 9.10. The van der Waals surface area contributed by atoms with E-state index in [0.29, 0.717) is 6.04 Å². The van der Waals surface area contributed by atoms with Gasteiger partial charge in [-0.15, -0.1) is 35.3 Å². The number of nitrogens with one attached hydrogen (secondary N) is 2. The molecule has 0 bridgehead atoms. The third kappa shape index (κ3) is 7.78. The first-order valence-corrected chi connectivity index (χ1v) is 9.92. The van der Waals surface area contributed by atoms with Gasteiger partial charge in [0.1, 0.15) is 0 Å². The van der Waals surface area contributed by atoms with E-state index < -0.39 is 0 Å². The molecule has 0 radical (unpaired) electrons. The smallest absolute Gasteiger partial charge is 0.191 e. The fourth-order valence-electron chi connectivity index (χ4n) is 3.26. The average molecular weight is 479 g/mol. The van der Waals surface area contributed by atoms with Gasteiger partial charge < -0.3 is 15.5 Å². The summed E-state index contributed by atoms with van der Waals surface area (Å²) in [6.45, 7) is 13.2. The van der Waals surface area contributed by atoms with E-state index in [1.54, 1.807) is 11.3 Å². The lowest BCUT2D eigenvalue weighted by molar-refractivity contribution is 0.187. The highest BCUT2D eigenvalue weighted by Crippen LogP contribution is 2.17. The standard InChI is InChI=1S/C18H33N5S.HI/c1-13(2)12-23-10-7-16(8-11-23)22-18(19-5)20-9-6-17-14(3)21-15(4)24-17;/h13,16H,6-12H2,1-5H3,(H2,19,20,22);1H. The van der Waals surface area contributed by atoms with Crippen LogP contribution in [-0.2, 0) is 6.42 Å². The Labute approximate surface area is 174 Å². The van der Waals surface area contributed by atoms with Crippen molar-refractivity contribution in [1.29, 1.82) is 0 Å². The Bertz CT molecular complexity index is 536. The summed E-state index contributed by atoms with van der Waals surface area (Å²) in [6.07, 6.45) is 3.39. The summed E-state index contributed by atoms with van der Waals surface area (Å²) in [7, 11) is 1.85. The van der Waals surface area contributed by atoms with Crippen LogP contribution in [0.4, 0.5) is 0 Å². The molecule has 1 fully saturated rings. The molecule has 2 N–H and O–H groups in total. The highest BCUT2D eigenvalue weighted by molar-refractivity contribution is 14.0. The lowest BCUT2D eigenvalue weighted by Crippen LogP contribution is -2.49. The van der Waals surface area contributed by atoms with Crippen molar-refractivity contribution in [3.05, 3.63) is 15.6 Å². The molecule has 1 aromatic rings. The summed E-state index contributed by atoms with van der Waals surface area (Å²) in [6, 6.07) is 0.534. The average Bonchev–Trinajstić information content (AvgIpc) is 2.85. The molecule has 2 rings (SSSR count). The molecule has 0 aliphatic carbocycles. The number of likely N-dealkylation sites (tertiary alicyclic amines) is 1. The minimum atomic E-state index is 0. The van der Waals surface area contributed by atoms with Gasteiger partial charge in [0, 0.05) is 50.6 Å². The lowest BCUT2D eigenvalue weighted by Gasteiger charge is -2.33. The number of piperidine rings is 1. The van der Waals surface area contributed by atoms with Gasteiger partial charge in [0.2, 0.25) is 0 Å². The predicted octanol–water partition coefficient (Wildman–Crippen LogP) is 3.21.